The Labute approximate surface area is 177 Å². The quantitative estimate of drug-likeness (QED) is 0.451. The minimum Gasteiger partial charge on any atom is -0.505 e. The van der Waals surface area contributed by atoms with Gasteiger partial charge in [-0.05, 0) is 49.3 Å². The fraction of sp³-hybridized carbons (Fsp3) is 0.250. The number of fused-ring (bicyclic) bond motifs is 2. The summed E-state index contributed by atoms with van der Waals surface area (Å²) in [6, 6.07) is 8.39. The van der Waals surface area contributed by atoms with E-state index in [0.717, 1.165) is 37.8 Å². The fourth-order valence-electron chi connectivity index (χ4n) is 3.83. The minimum absolute atomic E-state index is 0.0795. The molecule has 5 rings (SSSR count). The first-order valence-corrected chi connectivity index (χ1v) is 12.0. The van der Waals surface area contributed by atoms with Gasteiger partial charge in [0.25, 0.3) is 5.56 Å². The van der Waals surface area contributed by atoms with Crippen LogP contribution in [0.2, 0.25) is 0 Å². The molecule has 0 spiro atoms. The first kappa shape index (κ1) is 19.3. The number of benzene rings is 1. The Morgan fingerprint density at radius 3 is 2.70 bits per heavy atom. The largest absolute Gasteiger partial charge is 0.505 e. The normalized spacial score (nSPS) is 19.0. The van der Waals surface area contributed by atoms with Crippen LogP contribution >= 0.6 is 22.1 Å². The Morgan fingerprint density at radius 2 is 1.90 bits per heavy atom. The third-order valence-electron chi connectivity index (χ3n) is 5.29. The van der Waals surface area contributed by atoms with Crippen molar-refractivity contribution in [2.24, 2.45) is 9.50 Å². The first-order chi connectivity index (χ1) is 14.5. The van der Waals surface area contributed by atoms with Gasteiger partial charge in [0, 0.05) is 5.71 Å². The Balaban J connectivity index is 1.73. The molecule has 8 nitrogen and oxygen atoms in total. The average molecular weight is 445 g/mol. The lowest BCUT2D eigenvalue weighted by Crippen LogP contribution is -2.31. The van der Waals surface area contributed by atoms with Gasteiger partial charge in [0.1, 0.15) is 10.5 Å². The van der Waals surface area contributed by atoms with Crippen LogP contribution in [0.5, 0.6) is 5.75 Å². The molecule has 3 heterocycles. The predicted molar refractivity (Wildman–Crippen MR) is 121 cm³/mol. The number of aromatic hydroxyl groups is 1. The van der Waals surface area contributed by atoms with E-state index < -0.39 is 16.3 Å². The van der Waals surface area contributed by atoms with E-state index >= 15 is 0 Å². The fourth-order valence-corrected chi connectivity index (χ4v) is 5.82. The molecule has 2 aromatic heterocycles. The van der Waals surface area contributed by atoms with E-state index in [2.05, 4.69) is 14.8 Å². The van der Waals surface area contributed by atoms with Crippen LogP contribution in [0.4, 0.5) is 5.69 Å². The van der Waals surface area contributed by atoms with Crippen LogP contribution in [0.3, 0.4) is 0 Å². The highest BCUT2D eigenvalue weighted by Gasteiger charge is 2.30. The van der Waals surface area contributed by atoms with Gasteiger partial charge in [-0.1, -0.05) is 29.3 Å². The Bertz CT molecular complexity index is 1270. The van der Waals surface area contributed by atoms with Crippen molar-refractivity contribution < 1.29 is 14.2 Å². The lowest BCUT2D eigenvalue weighted by Gasteiger charge is -2.34. The van der Waals surface area contributed by atoms with Gasteiger partial charge in [-0.25, -0.2) is 0 Å². The summed E-state index contributed by atoms with van der Waals surface area (Å²) >= 11 is 1.28. The topological polar surface area (TPSA) is 119 Å². The summed E-state index contributed by atoms with van der Waals surface area (Å²) in [4.78, 5) is 13.7. The van der Waals surface area contributed by atoms with E-state index in [1.54, 1.807) is 35.7 Å². The third-order valence-corrected chi connectivity index (χ3v) is 7.59. The van der Waals surface area contributed by atoms with Crippen LogP contribution in [0.15, 0.2) is 54.9 Å². The number of nitrogens with one attached hydrogen (secondary N) is 1. The van der Waals surface area contributed by atoms with Crippen LogP contribution in [-0.2, 0) is 0 Å². The van der Waals surface area contributed by atoms with Crippen LogP contribution < -0.4 is 10.9 Å². The number of para-hydroxylation sites is 1. The molecule has 0 radical (unpaired) electrons. The highest BCUT2D eigenvalue weighted by molar-refractivity contribution is 8.23. The molecular weight excluding hydrogens is 424 g/mol. The van der Waals surface area contributed by atoms with Gasteiger partial charge in [0.05, 0.1) is 15.9 Å². The van der Waals surface area contributed by atoms with Crippen molar-refractivity contribution in [3.63, 3.8) is 0 Å². The molecule has 2 aliphatic rings. The molecule has 4 N–H and O–H groups in total. The molecule has 0 amide bonds. The second kappa shape index (κ2) is 7.24. The zero-order valence-electron chi connectivity index (χ0n) is 15.9. The van der Waals surface area contributed by atoms with E-state index in [0.29, 0.717) is 15.9 Å². The van der Waals surface area contributed by atoms with Gasteiger partial charge in [0.2, 0.25) is 0 Å². The summed E-state index contributed by atoms with van der Waals surface area (Å²) in [5.41, 5.74) is 1.21. The Morgan fingerprint density at radius 1 is 1.13 bits per heavy atom. The van der Waals surface area contributed by atoms with Crippen molar-refractivity contribution >= 4 is 49.6 Å². The van der Waals surface area contributed by atoms with Gasteiger partial charge in [-0.2, -0.15) is 9.78 Å². The summed E-state index contributed by atoms with van der Waals surface area (Å²) in [5, 5.41) is 20.3. The van der Waals surface area contributed by atoms with Crippen molar-refractivity contribution in [2.75, 3.05) is 5.32 Å². The molecule has 0 unspecified atom stereocenters. The molecule has 30 heavy (non-hydrogen) atoms. The van der Waals surface area contributed by atoms with Gasteiger partial charge in [0.15, 0.2) is 11.6 Å². The monoisotopic (exact) mass is 444 g/mol. The van der Waals surface area contributed by atoms with E-state index in [9.17, 15) is 19.0 Å². The number of aromatic nitrogens is 1. The van der Waals surface area contributed by atoms with Crippen molar-refractivity contribution in [3.05, 3.63) is 51.6 Å². The molecule has 0 atom stereocenters. The van der Waals surface area contributed by atoms with Gasteiger partial charge in [-0.3, -0.25) is 13.9 Å². The Kier molecular flexibility index (Phi) is 4.66. The van der Waals surface area contributed by atoms with E-state index in [1.807, 2.05) is 0 Å². The van der Waals surface area contributed by atoms with Crippen LogP contribution in [0.25, 0.3) is 10.2 Å². The second-order valence-electron chi connectivity index (χ2n) is 7.28. The molecule has 1 aliphatic carbocycles. The van der Waals surface area contributed by atoms with Crippen molar-refractivity contribution in [3.8, 4) is 5.75 Å². The molecule has 3 aromatic rings. The summed E-state index contributed by atoms with van der Waals surface area (Å²) < 4.78 is 26.9. The number of hydrogen-bond acceptors (Lipinski definition) is 8. The molecule has 1 fully saturated rings. The predicted octanol–water partition coefficient (Wildman–Crippen LogP) is 4.83. The smallest absolute Gasteiger partial charge is 0.286 e. The SMILES string of the molecule is O=c1c(C2=NS(O)(O)c3ccccc3N2)c(O)c2sccc2n1N=C1CCCCC1. The van der Waals surface area contributed by atoms with Crippen molar-refractivity contribution in [2.45, 2.75) is 37.0 Å². The first-order valence-electron chi connectivity index (χ1n) is 9.62. The maximum Gasteiger partial charge on any atom is 0.286 e. The lowest BCUT2D eigenvalue weighted by molar-refractivity contribution is 0.478. The van der Waals surface area contributed by atoms with Gasteiger partial charge < -0.3 is 10.4 Å². The molecule has 1 saturated carbocycles. The zero-order valence-corrected chi connectivity index (χ0v) is 17.5. The summed E-state index contributed by atoms with van der Waals surface area (Å²) in [5.74, 6) is -0.324. The molecule has 10 heteroatoms. The number of anilines is 1. The zero-order chi connectivity index (χ0) is 20.9. The number of amidine groups is 1. The summed E-state index contributed by atoms with van der Waals surface area (Å²) in [6.45, 7) is 0. The van der Waals surface area contributed by atoms with E-state index in [4.69, 9.17) is 0 Å². The lowest BCUT2D eigenvalue weighted by atomic mass is 9.99. The molecule has 1 aromatic carbocycles. The molecule has 0 saturated heterocycles. The highest BCUT2D eigenvalue weighted by Crippen LogP contribution is 2.55. The molecule has 156 valence electrons. The van der Waals surface area contributed by atoms with Crippen LogP contribution in [-0.4, -0.2) is 30.4 Å². The highest BCUT2D eigenvalue weighted by atomic mass is 32.3. The van der Waals surface area contributed by atoms with Crippen molar-refractivity contribution in [1.29, 1.82) is 0 Å². The number of nitrogens with zero attached hydrogens (tertiary/aromatic N) is 3. The minimum atomic E-state index is -3.52. The van der Waals surface area contributed by atoms with E-state index in [-0.39, 0.29) is 22.0 Å². The number of rotatable bonds is 2. The molecular formula is C20H20N4O4S2. The van der Waals surface area contributed by atoms with Crippen molar-refractivity contribution in [1.82, 2.24) is 4.68 Å². The molecule has 1 aliphatic heterocycles. The number of thiophene rings is 1. The molecule has 0 bridgehead atoms. The van der Waals surface area contributed by atoms with E-state index in [1.165, 1.54) is 16.0 Å². The summed E-state index contributed by atoms with van der Waals surface area (Å²) in [7, 11) is -3.52. The maximum atomic E-state index is 13.4. The second-order valence-corrected chi connectivity index (χ2v) is 9.86. The number of hydrogen-bond donors (Lipinski definition) is 4. The van der Waals surface area contributed by atoms with Crippen LogP contribution in [0.1, 0.15) is 37.7 Å². The number of pyridine rings is 1. The van der Waals surface area contributed by atoms with Gasteiger partial charge in [-0.15, -0.1) is 15.7 Å². The third kappa shape index (κ3) is 3.12. The maximum absolute atomic E-state index is 13.4. The average Bonchev–Trinajstić information content (AvgIpc) is 3.22. The van der Waals surface area contributed by atoms with Crippen LogP contribution in [0, 0.1) is 0 Å². The Hall–Kier alpha value is -2.66. The summed E-state index contributed by atoms with van der Waals surface area (Å²) in [6.07, 6.45) is 4.90. The standard InChI is InChI=1S/C20H20N4O4S2/c25-17-16(19-21-13-8-4-5-9-15(13)30(27,28)23-19)20(26)24(14-10-11-29-18(14)17)22-12-6-2-1-3-7-12/h4-5,8-11,25,27-28H,1-3,6-7H2,(H,21,23). The van der Waals surface area contributed by atoms with Gasteiger partial charge >= 0.3 is 0 Å².